The summed E-state index contributed by atoms with van der Waals surface area (Å²) in [5, 5.41) is 6.23. The fourth-order valence-corrected chi connectivity index (χ4v) is 2.57. The standard InChI is InChI=1S/C16H24N2O2/c1-4-17-13-6-7-14(12(2)10-13)15(19)18-11-16(3)8-5-9-20-16/h6-7,10,17H,4-5,8-9,11H2,1-3H3,(H,18,19). The number of nitrogens with one attached hydrogen (secondary N) is 2. The lowest BCUT2D eigenvalue weighted by atomic mass is 10.0. The summed E-state index contributed by atoms with van der Waals surface area (Å²) in [7, 11) is 0. The normalized spacial score (nSPS) is 21.8. The minimum Gasteiger partial charge on any atom is -0.385 e. The van der Waals surface area contributed by atoms with Gasteiger partial charge in [-0.05, 0) is 57.4 Å². The zero-order chi connectivity index (χ0) is 14.6. The molecule has 1 unspecified atom stereocenters. The molecule has 2 rings (SSSR count). The minimum absolute atomic E-state index is 0.0257. The molecule has 0 aliphatic carbocycles. The Morgan fingerprint density at radius 3 is 2.85 bits per heavy atom. The molecule has 2 N–H and O–H groups in total. The molecule has 1 aromatic carbocycles. The molecule has 1 atom stereocenters. The number of ether oxygens (including phenoxy) is 1. The van der Waals surface area contributed by atoms with Crippen LogP contribution in [0.3, 0.4) is 0 Å². The third kappa shape index (κ3) is 3.51. The molecule has 1 aliphatic rings. The van der Waals surface area contributed by atoms with Gasteiger partial charge in [0.1, 0.15) is 0 Å². The van der Waals surface area contributed by atoms with Gasteiger partial charge in [0.05, 0.1) is 5.60 Å². The molecule has 20 heavy (non-hydrogen) atoms. The smallest absolute Gasteiger partial charge is 0.251 e. The number of carbonyl (C=O) groups is 1. The predicted octanol–water partition coefficient (Wildman–Crippen LogP) is 2.73. The molecular formula is C16H24N2O2. The summed E-state index contributed by atoms with van der Waals surface area (Å²) >= 11 is 0. The van der Waals surface area contributed by atoms with Crippen molar-refractivity contribution in [3.63, 3.8) is 0 Å². The molecule has 4 heteroatoms. The first kappa shape index (κ1) is 14.9. The molecule has 110 valence electrons. The maximum absolute atomic E-state index is 12.2. The summed E-state index contributed by atoms with van der Waals surface area (Å²) < 4.78 is 5.68. The first-order valence-corrected chi connectivity index (χ1v) is 7.31. The van der Waals surface area contributed by atoms with Gasteiger partial charge < -0.3 is 15.4 Å². The topological polar surface area (TPSA) is 50.4 Å². The number of hydrogen-bond donors (Lipinski definition) is 2. The van der Waals surface area contributed by atoms with Gasteiger partial charge in [-0.1, -0.05) is 0 Å². The molecule has 0 aromatic heterocycles. The SMILES string of the molecule is CCNc1ccc(C(=O)NCC2(C)CCCO2)c(C)c1. The number of benzene rings is 1. The Morgan fingerprint density at radius 1 is 1.45 bits per heavy atom. The first-order valence-electron chi connectivity index (χ1n) is 7.31. The average Bonchev–Trinajstić information content (AvgIpc) is 2.84. The quantitative estimate of drug-likeness (QED) is 0.869. The molecule has 0 radical (unpaired) electrons. The highest BCUT2D eigenvalue weighted by Gasteiger charge is 2.30. The van der Waals surface area contributed by atoms with E-state index in [0.717, 1.165) is 42.8 Å². The lowest BCUT2D eigenvalue weighted by Crippen LogP contribution is -2.40. The van der Waals surface area contributed by atoms with Crippen LogP contribution in [-0.4, -0.2) is 31.2 Å². The van der Waals surface area contributed by atoms with E-state index in [1.807, 2.05) is 25.1 Å². The molecule has 1 fully saturated rings. The molecule has 1 aliphatic heterocycles. The van der Waals surface area contributed by atoms with E-state index < -0.39 is 0 Å². The summed E-state index contributed by atoms with van der Waals surface area (Å²) in [5.41, 5.74) is 2.56. The van der Waals surface area contributed by atoms with Crippen LogP contribution in [0.4, 0.5) is 5.69 Å². The summed E-state index contributed by atoms with van der Waals surface area (Å²) in [5.74, 6) is -0.0257. The van der Waals surface area contributed by atoms with Crippen molar-refractivity contribution >= 4 is 11.6 Å². The Morgan fingerprint density at radius 2 is 2.25 bits per heavy atom. The summed E-state index contributed by atoms with van der Waals surface area (Å²) in [6.07, 6.45) is 2.08. The molecule has 1 heterocycles. The summed E-state index contributed by atoms with van der Waals surface area (Å²) in [6.45, 7) is 8.31. The second-order valence-corrected chi connectivity index (χ2v) is 5.64. The van der Waals surface area contributed by atoms with E-state index in [9.17, 15) is 4.79 Å². The van der Waals surface area contributed by atoms with Crippen LogP contribution in [0.2, 0.25) is 0 Å². The van der Waals surface area contributed by atoms with E-state index in [1.165, 1.54) is 0 Å². The van der Waals surface area contributed by atoms with Crippen LogP contribution >= 0.6 is 0 Å². The Labute approximate surface area is 120 Å². The first-order chi connectivity index (χ1) is 9.54. The Kier molecular flexibility index (Phi) is 4.65. The third-order valence-electron chi connectivity index (χ3n) is 3.78. The molecule has 4 nitrogen and oxygen atoms in total. The number of anilines is 1. The van der Waals surface area contributed by atoms with E-state index in [4.69, 9.17) is 4.74 Å². The van der Waals surface area contributed by atoms with E-state index in [0.29, 0.717) is 6.54 Å². The second kappa shape index (κ2) is 6.27. The van der Waals surface area contributed by atoms with Crippen molar-refractivity contribution in [2.45, 2.75) is 39.2 Å². The lowest BCUT2D eigenvalue weighted by Gasteiger charge is -2.23. The van der Waals surface area contributed by atoms with Crippen molar-refractivity contribution in [1.29, 1.82) is 0 Å². The highest BCUT2D eigenvalue weighted by atomic mass is 16.5. The zero-order valence-corrected chi connectivity index (χ0v) is 12.6. The van der Waals surface area contributed by atoms with E-state index in [-0.39, 0.29) is 11.5 Å². The van der Waals surface area contributed by atoms with E-state index in [2.05, 4.69) is 24.5 Å². The zero-order valence-electron chi connectivity index (χ0n) is 12.6. The van der Waals surface area contributed by atoms with Gasteiger partial charge in [0, 0.05) is 30.9 Å². The maximum atomic E-state index is 12.2. The van der Waals surface area contributed by atoms with Crippen molar-refractivity contribution in [3.8, 4) is 0 Å². The third-order valence-corrected chi connectivity index (χ3v) is 3.78. The molecule has 0 spiro atoms. The second-order valence-electron chi connectivity index (χ2n) is 5.64. The van der Waals surface area contributed by atoms with Crippen molar-refractivity contribution in [1.82, 2.24) is 5.32 Å². The van der Waals surface area contributed by atoms with Gasteiger partial charge in [-0.25, -0.2) is 0 Å². The van der Waals surface area contributed by atoms with Crippen molar-refractivity contribution in [2.75, 3.05) is 25.0 Å². The number of amides is 1. The van der Waals surface area contributed by atoms with Crippen LogP contribution < -0.4 is 10.6 Å². The van der Waals surface area contributed by atoms with Gasteiger partial charge in [0.25, 0.3) is 5.91 Å². The van der Waals surface area contributed by atoms with Crippen LogP contribution in [0.25, 0.3) is 0 Å². The van der Waals surface area contributed by atoms with E-state index in [1.54, 1.807) is 0 Å². The lowest BCUT2D eigenvalue weighted by molar-refractivity contribution is 0.0206. The molecule has 0 bridgehead atoms. The van der Waals surface area contributed by atoms with Gasteiger partial charge >= 0.3 is 0 Å². The van der Waals surface area contributed by atoms with Gasteiger partial charge in [-0.2, -0.15) is 0 Å². The summed E-state index contributed by atoms with van der Waals surface area (Å²) in [4.78, 5) is 12.2. The van der Waals surface area contributed by atoms with Crippen LogP contribution in [0.15, 0.2) is 18.2 Å². The van der Waals surface area contributed by atoms with Gasteiger partial charge in [0.15, 0.2) is 0 Å². The van der Waals surface area contributed by atoms with Gasteiger partial charge in [-0.15, -0.1) is 0 Å². The van der Waals surface area contributed by atoms with Crippen LogP contribution in [0.1, 0.15) is 42.6 Å². The van der Waals surface area contributed by atoms with Crippen molar-refractivity contribution < 1.29 is 9.53 Å². The Bertz CT molecular complexity index is 479. The molecular weight excluding hydrogens is 252 g/mol. The summed E-state index contributed by atoms with van der Waals surface area (Å²) in [6, 6.07) is 5.83. The minimum atomic E-state index is -0.201. The van der Waals surface area contributed by atoms with Crippen molar-refractivity contribution in [3.05, 3.63) is 29.3 Å². The fourth-order valence-electron chi connectivity index (χ4n) is 2.57. The van der Waals surface area contributed by atoms with E-state index >= 15 is 0 Å². The van der Waals surface area contributed by atoms with Gasteiger partial charge in [0.2, 0.25) is 0 Å². The monoisotopic (exact) mass is 276 g/mol. The van der Waals surface area contributed by atoms with Crippen molar-refractivity contribution in [2.24, 2.45) is 0 Å². The number of aryl methyl sites for hydroxylation is 1. The molecule has 1 amide bonds. The fraction of sp³-hybridized carbons (Fsp3) is 0.562. The van der Waals surface area contributed by atoms with Crippen LogP contribution in [-0.2, 0) is 4.74 Å². The average molecular weight is 276 g/mol. The highest BCUT2D eigenvalue weighted by Crippen LogP contribution is 2.24. The van der Waals surface area contributed by atoms with Crippen LogP contribution in [0.5, 0.6) is 0 Å². The van der Waals surface area contributed by atoms with Crippen LogP contribution in [0, 0.1) is 6.92 Å². The number of rotatable bonds is 5. The molecule has 1 saturated heterocycles. The Balaban J connectivity index is 1.98. The predicted molar refractivity (Wildman–Crippen MR) is 81.3 cm³/mol. The number of hydrogen-bond acceptors (Lipinski definition) is 3. The maximum Gasteiger partial charge on any atom is 0.251 e. The number of carbonyl (C=O) groups excluding carboxylic acids is 1. The highest BCUT2D eigenvalue weighted by molar-refractivity contribution is 5.96. The van der Waals surface area contributed by atoms with Gasteiger partial charge in [-0.3, -0.25) is 4.79 Å². The largest absolute Gasteiger partial charge is 0.385 e. The Hall–Kier alpha value is -1.55. The molecule has 1 aromatic rings. The molecule has 0 saturated carbocycles.